The second kappa shape index (κ2) is 17.4. The average molecular weight is 986 g/mol. The van der Waals surface area contributed by atoms with Crippen LogP contribution in [0.25, 0.3) is 44.6 Å². The quantitative estimate of drug-likeness (QED) is 0.0803. The van der Waals surface area contributed by atoms with Crippen LogP contribution in [0.2, 0.25) is 51.4 Å². The highest BCUT2D eigenvalue weighted by Gasteiger charge is 2.47. The predicted octanol–water partition coefficient (Wildman–Crippen LogP) is 6.49. The maximum Gasteiger partial charge on any atom is 0.343 e. The Labute approximate surface area is 406 Å². The van der Waals surface area contributed by atoms with E-state index in [1.807, 2.05) is 12.1 Å². The fourth-order valence-electron chi connectivity index (χ4n) is 10.1. The number of hydrogen-bond donors (Lipinski definition) is 4. The van der Waals surface area contributed by atoms with Crippen LogP contribution >= 0.6 is 0 Å². The van der Waals surface area contributed by atoms with Crippen molar-refractivity contribution in [2.75, 3.05) is 6.61 Å². The number of rotatable bonds is 11. The number of pyridine rings is 4. The molecule has 2 aromatic carbocycles. The molecule has 366 valence electrons. The lowest BCUT2D eigenvalue weighted by atomic mass is 9.86. The number of phenolic OH excluding ortho intramolecular Hbond substituents is 1. The number of ether oxygens (including phenoxy) is 3. The molecule has 0 unspecified atom stereocenters. The Bertz CT molecular complexity index is 3350. The molecule has 0 saturated heterocycles. The fraction of sp³-hybridized carbons (Fsp3) is 0.404. The maximum absolute atomic E-state index is 13.6. The number of aliphatic hydroxyl groups is 2. The van der Waals surface area contributed by atoms with Gasteiger partial charge in [0, 0.05) is 49.2 Å². The number of carbonyl (C=O) groups excluding carboxylic acids is 3. The van der Waals surface area contributed by atoms with E-state index in [-0.39, 0.29) is 49.5 Å². The van der Waals surface area contributed by atoms with Crippen molar-refractivity contribution in [2.45, 2.75) is 128 Å². The van der Waals surface area contributed by atoms with Crippen molar-refractivity contribution in [3.05, 3.63) is 114 Å². The first-order valence-electron chi connectivity index (χ1n) is 23.8. The highest BCUT2D eigenvalue weighted by molar-refractivity contribution is 6.76. The number of fused-ring (bicyclic) bond motifs is 10. The summed E-state index contributed by atoms with van der Waals surface area (Å²) in [6.07, 6.45) is 1.85. The van der Waals surface area contributed by atoms with Crippen LogP contribution < -0.4 is 21.6 Å². The van der Waals surface area contributed by atoms with Gasteiger partial charge in [0.15, 0.2) is 17.8 Å². The van der Waals surface area contributed by atoms with Crippen LogP contribution in [-0.4, -0.2) is 75.0 Å². The third kappa shape index (κ3) is 8.33. The Kier molecular flexibility index (Phi) is 12.1. The maximum atomic E-state index is 13.6. The number of primary amides is 1. The summed E-state index contributed by atoms with van der Waals surface area (Å²) in [5, 5.41) is 34.2. The normalized spacial score (nSPS) is 18.7. The monoisotopic (exact) mass is 985 g/mol. The molecule has 5 N–H and O–H groups in total. The van der Waals surface area contributed by atoms with Crippen molar-refractivity contribution in [1.29, 1.82) is 0 Å². The minimum absolute atomic E-state index is 0.0925. The average Bonchev–Trinajstić information content (AvgIpc) is 3.87. The first-order valence-corrected chi connectivity index (χ1v) is 31.2. The molecule has 4 aliphatic rings. The molecule has 10 rings (SSSR count). The van der Waals surface area contributed by atoms with Crippen molar-refractivity contribution in [3.8, 4) is 34.3 Å². The Morgan fingerprint density at radius 3 is 1.56 bits per heavy atom. The van der Waals surface area contributed by atoms with Gasteiger partial charge in [-0.3, -0.25) is 14.4 Å². The van der Waals surface area contributed by atoms with Crippen LogP contribution in [0, 0.1) is 0 Å². The van der Waals surface area contributed by atoms with E-state index in [0.29, 0.717) is 63.9 Å². The van der Waals surface area contributed by atoms with Crippen molar-refractivity contribution < 1.29 is 43.9 Å². The summed E-state index contributed by atoms with van der Waals surface area (Å²) in [6.45, 7) is 17.5. The lowest BCUT2D eigenvalue weighted by Crippen LogP contribution is -2.44. The first-order chi connectivity index (χ1) is 33.0. The van der Waals surface area contributed by atoms with Crippen LogP contribution in [0.3, 0.4) is 0 Å². The molecule has 8 heterocycles. The van der Waals surface area contributed by atoms with E-state index in [1.165, 1.54) is 0 Å². The Morgan fingerprint density at radius 2 is 1.13 bits per heavy atom. The number of amides is 1. The molecule has 70 heavy (non-hydrogen) atoms. The molecule has 0 bridgehead atoms. The molecule has 1 amide bonds. The van der Waals surface area contributed by atoms with Gasteiger partial charge in [-0.1, -0.05) is 65.2 Å². The van der Waals surface area contributed by atoms with Crippen molar-refractivity contribution in [3.63, 3.8) is 0 Å². The molecule has 18 heteroatoms. The van der Waals surface area contributed by atoms with E-state index in [2.05, 4.69) is 39.3 Å². The largest absolute Gasteiger partial charge is 0.508 e. The van der Waals surface area contributed by atoms with E-state index in [4.69, 9.17) is 29.9 Å². The number of hydrogen-bond acceptors (Lipinski definition) is 13. The third-order valence-electron chi connectivity index (χ3n) is 14.2. The summed E-state index contributed by atoms with van der Waals surface area (Å²) in [5.41, 5.74) is 10.4. The number of phenols is 1. The Balaban J connectivity index is 0.000000175. The van der Waals surface area contributed by atoms with Crippen LogP contribution in [0.4, 0.5) is 0 Å². The number of cyclic esters (lactones) is 2. The zero-order valence-corrected chi connectivity index (χ0v) is 42.9. The van der Waals surface area contributed by atoms with Gasteiger partial charge >= 0.3 is 11.9 Å². The van der Waals surface area contributed by atoms with Crippen molar-refractivity contribution in [1.82, 2.24) is 19.1 Å². The van der Waals surface area contributed by atoms with Gasteiger partial charge in [0.25, 0.3) is 17.0 Å². The molecule has 0 fully saturated rings. The minimum atomic E-state index is -1.87. The lowest BCUT2D eigenvalue weighted by Gasteiger charge is -2.31. The molecule has 0 saturated carbocycles. The molecular weight excluding hydrogens is 927 g/mol. The van der Waals surface area contributed by atoms with E-state index < -0.39 is 45.2 Å². The van der Waals surface area contributed by atoms with Crippen molar-refractivity contribution in [2.24, 2.45) is 5.73 Å². The second-order valence-corrected chi connectivity index (χ2v) is 32.5. The predicted molar refractivity (Wildman–Crippen MR) is 269 cm³/mol. The van der Waals surface area contributed by atoms with Gasteiger partial charge < -0.3 is 44.4 Å². The molecule has 2 atom stereocenters. The van der Waals surface area contributed by atoms with Crippen LogP contribution in [-0.2, 0) is 74.2 Å². The summed E-state index contributed by atoms with van der Waals surface area (Å²) >= 11 is 0. The zero-order valence-electron chi connectivity index (χ0n) is 40.9. The zero-order chi connectivity index (χ0) is 50.4. The van der Waals surface area contributed by atoms with Crippen molar-refractivity contribution >= 4 is 55.8 Å². The molecule has 0 radical (unpaired) electrons. The highest BCUT2D eigenvalue weighted by Crippen LogP contribution is 2.43. The molecular formula is C52H59N5O11Si2. The molecule has 4 aromatic heterocycles. The summed E-state index contributed by atoms with van der Waals surface area (Å²) < 4.78 is 19.2. The number of aromatic nitrogens is 4. The lowest BCUT2D eigenvalue weighted by molar-refractivity contribution is -0.172. The topological polar surface area (TPSA) is 235 Å². The van der Waals surface area contributed by atoms with Gasteiger partial charge in [0.2, 0.25) is 0 Å². The number of carbonyl (C=O) groups is 3. The smallest absolute Gasteiger partial charge is 0.343 e. The SMILES string of the molecule is CC[C@@]1(O)C(=O)OCc2c1cc1n(c2=O)Cc2c-1nc1ccc(O)cc1c2CC[Si](C)(C)C.CC[C@@]1(O)C(=O)OCc2c1cc1n(c2=O)Cc2c-1nc1ccc(OCC(N)=O)cc1c2CC[Si](C)(C)C. The van der Waals surface area contributed by atoms with Gasteiger partial charge in [0.1, 0.15) is 24.7 Å². The molecule has 16 nitrogen and oxygen atoms in total. The third-order valence-corrected chi connectivity index (χ3v) is 17.7. The first kappa shape index (κ1) is 48.5. The van der Waals surface area contributed by atoms with Crippen LogP contribution in [0.15, 0.2) is 58.1 Å². The summed E-state index contributed by atoms with van der Waals surface area (Å²) in [6, 6.07) is 16.2. The second-order valence-electron chi connectivity index (χ2n) is 21.3. The highest BCUT2D eigenvalue weighted by atomic mass is 28.3. The number of benzene rings is 2. The minimum Gasteiger partial charge on any atom is -0.508 e. The van der Waals surface area contributed by atoms with E-state index in [1.54, 1.807) is 59.4 Å². The number of nitrogens with two attached hydrogens (primary N) is 1. The fourth-order valence-corrected chi connectivity index (χ4v) is 12.1. The molecule has 6 aromatic rings. The molecule has 0 aliphatic carbocycles. The van der Waals surface area contributed by atoms with Gasteiger partial charge in [-0.25, -0.2) is 19.6 Å². The Hall–Kier alpha value is -6.48. The van der Waals surface area contributed by atoms with E-state index in [0.717, 1.165) is 69.0 Å². The molecule has 0 spiro atoms. The van der Waals surface area contributed by atoms with Crippen LogP contribution in [0.5, 0.6) is 11.5 Å². The van der Waals surface area contributed by atoms with E-state index >= 15 is 0 Å². The summed E-state index contributed by atoms with van der Waals surface area (Å²) in [5.74, 6) is -1.31. The molecule has 4 aliphatic heterocycles. The number of nitrogens with zero attached hydrogens (tertiary/aromatic N) is 4. The van der Waals surface area contributed by atoms with E-state index in [9.17, 15) is 39.3 Å². The van der Waals surface area contributed by atoms with Gasteiger partial charge in [0.05, 0.1) is 58.0 Å². The Morgan fingerprint density at radius 1 is 0.686 bits per heavy atom. The number of esters is 2. The van der Waals surface area contributed by atoms with Gasteiger partial charge in [-0.2, -0.15) is 0 Å². The van der Waals surface area contributed by atoms with Crippen LogP contribution in [0.1, 0.15) is 71.2 Å². The van der Waals surface area contributed by atoms with Gasteiger partial charge in [-0.15, -0.1) is 0 Å². The summed E-state index contributed by atoms with van der Waals surface area (Å²) in [7, 11) is -2.77. The number of aryl methyl sites for hydroxylation is 2. The van der Waals surface area contributed by atoms with Gasteiger partial charge in [-0.05, 0) is 85.3 Å². The standard InChI is InChI=1S/C27H31N3O6Si.C25H28N2O5Si/c1-5-27(34)20-11-22-24-18(12-30(22)25(32)19(20)13-36-26(27)33)16(8-9-37(2,3)4)17-10-15(35-14-23(28)31)6-7-21(17)29-24;1-5-25(31)19-11-21-22-17(12-27(21)23(29)18(19)13-32-24(25)30)15(8-9-33(2,3)4)16-10-14(28)6-7-20(16)26-22/h6-7,10-11,34H,5,8-9,12-14H2,1-4H3,(H2,28,31);6-7,10-11,28,31H,5,8-9,12-13H2,1-4H3/t27-;25-/m00/s1. The summed E-state index contributed by atoms with van der Waals surface area (Å²) in [4.78, 5) is 72.9. The number of aromatic hydroxyl groups is 1.